The summed E-state index contributed by atoms with van der Waals surface area (Å²) in [6, 6.07) is 7.52. The normalized spacial score (nSPS) is 11.1. The fourth-order valence-electron chi connectivity index (χ4n) is 2.03. The molecule has 0 bridgehead atoms. The zero-order valence-electron chi connectivity index (χ0n) is 14.3. The molecule has 0 saturated heterocycles. The molecule has 146 valence electrons. The molecular formula is C17H17F3N2O4S. The van der Waals surface area contributed by atoms with Gasteiger partial charge in [-0.1, -0.05) is 0 Å². The number of nitrogens with one attached hydrogen (secondary N) is 2. The summed E-state index contributed by atoms with van der Waals surface area (Å²) < 4.78 is 67.4. The van der Waals surface area contributed by atoms with Gasteiger partial charge < -0.3 is 4.74 Å². The zero-order chi connectivity index (χ0) is 20.0. The first-order valence-corrected chi connectivity index (χ1v) is 9.69. The van der Waals surface area contributed by atoms with Gasteiger partial charge in [-0.3, -0.25) is 15.6 Å². The van der Waals surface area contributed by atoms with Crippen LogP contribution in [-0.2, 0) is 14.6 Å². The van der Waals surface area contributed by atoms with Gasteiger partial charge in [-0.05, 0) is 42.8 Å². The Morgan fingerprint density at radius 1 is 1.04 bits per heavy atom. The second kappa shape index (κ2) is 8.76. The van der Waals surface area contributed by atoms with Crippen LogP contribution in [0.3, 0.4) is 0 Å². The number of hydrazine groups is 1. The van der Waals surface area contributed by atoms with E-state index in [0.717, 1.165) is 18.4 Å². The number of hydrogen-bond donors (Lipinski definition) is 2. The molecule has 0 heterocycles. The van der Waals surface area contributed by atoms with Crippen LogP contribution >= 0.6 is 0 Å². The average molecular weight is 402 g/mol. The first-order valence-electron chi connectivity index (χ1n) is 7.80. The number of ether oxygens (including phenoxy) is 1. The minimum Gasteiger partial charge on any atom is -0.494 e. The van der Waals surface area contributed by atoms with Crippen LogP contribution in [0.1, 0.15) is 12.8 Å². The number of sulfone groups is 1. The molecule has 2 rings (SSSR count). The van der Waals surface area contributed by atoms with E-state index >= 15 is 0 Å². The Kier molecular flexibility index (Phi) is 6.67. The number of anilines is 1. The molecule has 0 atom stereocenters. The van der Waals surface area contributed by atoms with E-state index in [0.29, 0.717) is 12.2 Å². The lowest BCUT2D eigenvalue weighted by Gasteiger charge is -2.10. The van der Waals surface area contributed by atoms with Gasteiger partial charge in [0.2, 0.25) is 5.91 Å². The highest BCUT2D eigenvalue weighted by Gasteiger charge is 2.13. The predicted octanol–water partition coefficient (Wildman–Crippen LogP) is 2.81. The molecule has 0 aliphatic heterocycles. The summed E-state index contributed by atoms with van der Waals surface area (Å²) in [6.07, 6.45) is 1.45. The molecule has 0 fully saturated rings. The van der Waals surface area contributed by atoms with Crippen molar-refractivity contribution in [3.63, 3.8) is 0 Å². The van der Waals surface area contributed by atoms with Crippen LogP contribution in [0, 0.1) is 17.5 Å². The van der Waals surface area contributed by atoms with E-state index in [-0.39, 0.29) is 17.9 Å². The molecule has 0 aliphatic rings. The lowest BCUT2D eigenvalue weighted by molar-refractivity contribution is -0.120. The van der Waals surface area contributed by atoms with E-state index in [1.807, 2.05) is 0 Å². The average Bonchev–Trinajstić information content (AvgIpc) is 2.62. The topological polar surface area (TPSA) is 84.5 Å². The van der Waals surface area contributed by atoms with Crippen LogP contribution in [0.4, 0.5) is 18.9 Å². The molecule has 0 spiro atoms. The van der Waals surface area contributed by atoms with Gasteiger partial charge in [-0.25, -0.2) is 21.6 Å². The van der Waals surface area contributed by atoms with E-state index in [2.05, 4.69) is 10.9 Å². The van der Waals surface area contributed by atoms with Crippen molar-refractivity contribution in [1.29, 1.82) is 0 Å². The van der Waals surface area contributed by atoms with E-state index in [4.69, 9.17) is 4.74 Å². The maximum atomic E-state index is 13.4. The minimum atomic E-state index is -3.28. The SMILES string of the molecule is CS(=O)(=O)c1ccc(OCCCC(=O)NNc2ccc(F)c(F)c2F)cc1. The van der Waals surface area contributed by atoms with Gasteiger partial charge >= 0.3 is 0 Å². The van der Waals surface area contributed by atoms with Gasteiger partial charge in [0, 0.05) is 12.7 Å². The zero-order valence-corrected chi connectivity index (χ0v) is 15.1. The molecule has 6 nitrogen and oxygen atoms in total. The maximum absolute atomic E-state index is 13.4. The minimum absolute atomic E-state index is 0.0275. The Balaban J connectivity index is 1.73. The molecular weight excluding hydrogens is 385 g/mol. The van der Waals surface area contributed by atoms with Crippen LogP contribution in [0.25, 0.3) is 0 Å². The van der Waals surface area contributed by atoms with Crippen LogP contribution in [-0.4, -0.2) is 27.2 Å². The number of benzene rings is 2. The summed E-state index contributed by atoms with van der Waals surface area (Å²) in [5.74, 6) is -4.45. The number of hydrogen-bond acceptors (Lipinski definition) is 5. The van der Waals surface area contributed by atoms with Gasteiger partial charge in [0.15, 0.2) is 27.3 Å². The number of rotatable bonds is 8. The fourth-order valence-corrected chi connectivity index (χ4v) is 2.66. The molecule has 2 N–H and O–H groups in total. The van der Waals surface area contributed by atoms with Crippen molar-refractivity contribution in [3.05, 3.63) is 53.8 Å². The van der Waals surface area contributed by atoms with Crippen LogP contribution in [0.5, 0.6) is 5.75 Å². The molecule has 0 aliphatic carbocycles. The third-order valence-corrected chi connectivity index (χ3v) is 4.57. The predicted molar refractivity (Wildman–Crippen MR) is 92.4 cm³/mol. The second-order valence-electron chi connectivity index (χ2n) is 5.59. The number of halogens is 3. The monoisotopic (exact) mass is 402 g/mol. The molecule has 0 radical (unpaired) electrons. The van der Waals surface area contributed by atoms with Crippen molar-refractivity contribution in [2.75, 3.05) is 18.3 Å². The standard InChI is InChI=1S/C17H17F3N2O4S/c1-27(24,25)12-6-4-11(5-7-12)26-10-2-3-15(23)22-21-14-9-8-13(18)16(19)17(14)20/h4-9,21H,2-3,10H2,1H3,(H,22,23). The number of carbonyl (C=O) groups is 1. The summed E-state index contributed by atoms with van der Waals surface area (Å²) in [5, 5.41) is 0. The van der Waals surface area contributed by atoms with Crippen molar-refractivity contribution >= 4 is 21.4 Å². The first kappa shape index (κ1) is 20.6. The van der Waals surface area contributed by atoms with Crippen LogP contribution in [0.15, 0.2) is 41.3 Å². The Labute approximate surface area is 154 Å². The van der Waals surface area contributed by atoms with Gasteiger partial charge in [0.05, 0.1) is 17.2 Å². The number of amides is 1. The Morgan fingerprint density at radius 3 is 2.33 bits per heavy atom. The second-order valence-corrected chi connectivity index (χ2v) is 7.61. The Morgan fingerprint density at radius 2 is 1.70 bits per heavy atom. The third kappa shape index (κ3) is 5.88. The van der Waals surface area contributed by atoms with Gasteiger partial charge in [-0.2, -0.15) is 0 Å². The molecule has 2 aromatic carbocycles. The maximum Gasteiger partial charge on any atom is 0.238 e. The molecule has 0 aromatic heterocycles. The molecule has 27 heavy (non-hydrogen) atoms. The highest BCUT2D eigenvalue weighted by atomic mass is 32.2. The Hall–Kier alpha value is -2.75. The van der Waals surface area contributed by atoms with Gasteiger partial charge in [0.1, 0.15) is 5.75 Å². The summed E-state index contributed by atoms with van der Waals surface area (Å²) >= 11 is 0. The van der Waals surface area contributed by atoms with Crippen molar-refractivity contribution in [3.8, 4) is 5.75 Å². The summed E-state index contributed by atoms with van der Waals surface area (Å²) in [6.45, 7) is 0.186. The highest BCUT2D eigenvalue weighted by molar-refractivity contribution is 7.90. The summed E-state index contributed by atoms with van der Waals surface area (Å²) in [5.41, 5.74) is 3.95. The van der Waals surface area contributed by atoms with Crippen molar-refractivity contribution in [2.45, 2.75) is 17.7 Å². The first-order chi connectivity index (χ1) is 12.7. The van der Waals surface area contributed by atoms with Gasteiger partial charge in [-0.15, -0.1) is 0 Å². The fraction of sp³-hybridized carbons (Fsp3) is 0.235. The molecule has 0 unspecified atom stereocenters. The molecule has 2 aromatic rings. The van der Waals surface area contributed by atoms with E-state index in [9.17, 15) is 26.4 Å². The van der Waals surface area contributed by atoms with Gasteiger partial charge in [0.25, 0.3) is 0 Å². The van der Waals surface area contributed by atoms with Crippen molar-refractivity contribution in [1.82, 2.24) is 5.43 Å². The van der Waals surface area contributed by atoms with E-state index < -0.39 is 38.9 Å². The van der Waals surface area contributed by atoms with Crippen LogP contribution < -0.4 is 15.6 Å². The summed E-state index contributed by atoms with van der Waals surface area (Å²) in [7, 11) is -3.28. The van der Waals surface area contributed by atoms with Crippen molar-refractivity contribution in [2.24, 2.45) is 0 Å². The highest BCUT2D eigenvalue weighted by Crippen LogP contribution is 2.19. The molecule has 10 heteroatoms. The van der Waals surface area contributed by atoms with E-state index in [1.54, 1.807) is 0 Å². The molecule has 1 amide bonds. The van der Waals surface area contributed by atoms with E-state index in [1.165, 1.54) is 24.3 Å². The van der Waals surface area contributed by atoms with Crippen LogP contribution in [0.2, 0.25) is 0 Å². The Bertz CT molecular complexity index is 919. The lowest BCUT2D eigenvalue weighted by Crippen LogP contribution is -2.30. The van der Waals surface area contributed by atoms with Crippen molar-refractivity contribution < 1.29 is 31.1 Å². The largest absolute Gasteiger partial charge is 0.494 e. The molecule has 0 saturated carbocycles. The smallest absolute Gasteiger partial charge is 0.238 e. The number of carbonyl (C=O) groups excluding carboxylic acids is 1. The third-order valence-electron chi connectivity index (χ3n) is 3.44. The quantitative estimate of drug-likeness (QED) is 0.403. The summed E-state index contributed by atoms with van der Waals surface area (Å²) in [4.78, 5) is 11.8. The lowest BCUT2D eigenvalue weighted by atomic mass is 10.3.